The Morgan fingerprint density at radius 3 is 2.79 bits per heavy atom. The minimum Gasteiger partial charge on any atom is -0.459 e. The van der Waals surface area contributed by atoms with Gasteiger partial charge in [0, 0.05) is 16.5 Å². The second-order valence-corrected chi connectivity index (χ2v) is 8.26. The Kier molecular flexibility index (Phi) is 5.50. The molecule has 1 aromatic heterocycles. The number of urea groups is 1. The molecule has 2 fully saturated rings. The van der Waals surface area contributed by atoms with Gasteiger partial charge in [-0.25, -0.2) is 4.79 Å². The molecule has 4 rings (SSSR count). The molecule has 4 amide bonds. The van der Waals surface area contributed by atoms with Crippen molar-refractivity contribution in [2.75, 3.05) is 0 Å². The normalized spacial score (nSPS) is 21.4. The molecule has 29 heavy (non-hydrogen) atoms. The van der Waals surface area contributed by atoms with E-state index in [1.54, 1.807) is 25.1 Å². The number of benzene rings is 1. The topological polar surface area (TPSA) is 91.7 Å². The van der Waals surface area contributed by atoms with Gasteiger partial charge in [-0.2, -0.15) is 0 Å². The van der Waals surface area contributed by atoms with E-state index in [1.807, 2.05) is 6.07 Å². The molecule has 8 heteroatoms. The van der Waals surface area contributed by atoms with Crippen molar-refractivity contribution in [3.63, 3.8) is 0 Å². The van der Waals surface area contributed by atoms with Crippen LogP contribution in [0.15, 0.2) is 28.7 Å². The number of amides is 4. The standard InChI is InChI=1S/C21H24ClN3O4/c1-12(18-10-13-9-14(22)7-8-17(13)29-18)23-19(26)11-16-20(27)25(21(28)24-16)15-5-3-2-4-6-15/h7-10,12,15-16H,2-6,11H2,1H3,(H,23,26)(H,24,28)/t12-,16-/m1/s1. The van der Waals surface area contributed by atoms with Crippen LogP contribution in [0.25, 0.3) is 11.0 Å². The summed E-state index contributed by atoms with van der Waals surface area (Å²) >= 11 is 6.00. The predicted octanol–water partition coefficient (Wildman–Crippen LogP) is 3.91. The van der Waals surface area contributed by atoms with Crippen molar-refractivity contribution < 1.29 is 18.8 Å². The van der Waals surface area contributed by atoms with Gasteiger partial charge in [0.2, 0.25) is 5.91 Å². The number of hydrogen-bond donors (Lipinski definition) is 2. The third kappa shape index (κ3) is 4.10. The van der Waals surface area contributed by atoms with E-state index in [4.69, 9.17) is 16.0 Å². The molecule has 1 aliphatic carbocycles. The van der Waals surface area contributed by atoms with E-state index in [9.17, 15) is 14.4 Å². The number of furan rings is 1. The first-order chi connectivity index (χ1) is 13.9. The Hall–Kier alpha value is -2.54. The Labute approximate surface area is 173 Å². The first-order valence-corrected chi connectivity index (χ1v) is 10.4. The van der Waals surface area contributed by atoms with Gasteiger partial charge in [-0.3, -0.25) is 14.5 Å². The molecule has 2 heterocycles. The number of nitrogens with zero attached hydrogens (tertiary/aromatic N) is 1. The lowest BCUT2D eigenvalue weighted by Gasteiger charge is -2.28. The summed E-state index contributed by atoms with van der Waals surface area (Å²) in [6.07, 6.45) is 4.76. The molecule has 2 N–H and O–H groups in total. The van der Waals surface area contributed by atoms with Gasteiger partial charge in [-0.1, -0.05) is 30.9 Å². The highest BCUT2D eigenvalue weighted by molar-refractivity contribution is 6.31. The minimum atomic E-state index is -0.814. The van der Waals surface area contributed by atoms with Crippen molar-refractivity contribution in [1.29, 1.82) is 0 Å². The van der Waals surface area contributed by atoms with Crippen LogP contribution in [0.5, 0.6) is 0 Å². The third-order valence-electron chi connectivity index (χ3n) is 5.68. The Morgan fingerprint density at radius 1 is 1.28 bits per heavy atom. The molecule has 7 nitrogen and oxygen atoms in total. The molecule has 1 saturated heterocycles. The van der Waals surface area contributed by atoms with Crippen LogP contribution in [0.3, 0.4) is 0 Å². The summed E-state index contributed by atoms with van der Waals surface area (Å²) < 4.78 is 5.77. The summed E-state index contributed by atoms with van der Waals surface area (Å²) in [7, 11) is 0. The summed E-state index contributed by atoms with van der Waals surface area (Å²) in [5.41, 5.74) is 0.687. The fourth-order valence-corrected chi connectivity index (χ4v) is 4.36. The number of fused-ring (bicyclic) bond motifs is 1. The van der Waals surface area contributed by atoms with Crippen LogP contribution in [-0.2, 0) is 9.59 Å². The SMILES string of the molecule is C[C@@H](NC(=O)C[C@H]1NC(=O)N(C2CCCCC2)C1=O)c1cc2cc(Cl)ccc2o1. The molecule has 154 valence electrons. The second-order valence-electron chi connectivity index (χ2n) is 7.83. The molecule has 0 radical (unpaired) electrons. The molecule has 0 unspecified atom stereocenters. The number of hydrogen-bond acceptors (Lipinski definition) is 4. The molecular weight excluding hydrogens is 394 g/mol. The number of imide groups is 1. The monoisotopic (exact) mass is 417 g/mol. The third-order valence-corrected chi connectivity index (χ3v) is 5.92. The zero-order chi connectivity index (χ0) is 20.5. The van der Waals surface area contributed by atoms with E-state index in [-0.39, 0.29) is 36.3 Å². The molecule has 1 saturated carbocycles. The largest absolute Gasteiger partial charge is 0.459 e. The zero-order valence-corrected chi connectivity index (χ0v) is 17.0. The molecule has 1 aliphatic heterocycles. The van der Waals surface area contributed by atoms with E-state index >= 15 is 0 Å². The number of carbonyl (C=O) groups is 3. The maximum Gasteiger partial charge on any atom is 0.325 e. The van der Waals surface area contributed by atoms with Crippen LogP contribution in [0.4, 0.5) is 4.79 Å². The summed E-state index contributed by atoms with van der Waals surface area (Å²) in [5.74, 6) is -0.0237. The van der Waals surface area contributed by atoms with Crippen molar-refractivity contribution in [2.24, 2.45) is 0 Å². The second kappa shape index (κ2) is 8.06. The van der Waals surface area contributed by atoms with Crippen molar-refractivity contribution in [3.8, 4) is 0 Å². The number of nitrogens with one attached hydrogen (secondary N) is 2. The van der Waals surface area contributed by atoms with Crippen LogP contribution in [0.2, 0.25) is 5.02 Å². The molecule has 2 atom stereocenters. The van der Waals surface area contributed by atoms with Crippen molar-refractivity contribution in [2.45, 2.75) is 63.6 Å². The zero-order valence-electron chi connectivity index (χ0n) is 16.2. The predicted molar refractivity (Wildman–Crippen MR) is 108 cm³/mol. The lowest BCUT2D eigenvalue weighted by atomic mass is 9.94. The highest BCUT2D eigenvalue weighted by Gasteiger charge is 2.43. The highest BCUT2D eigenvalue weighted by atomic mass is 35.5. The van der Waals surface area contributed by atoms with Crippen LogP contribution in [-0.4, -0.2) is 34.8 Å². The summed E-state index contributed by atoms with van der Waals surface area (Å²) in [5, 5.41) is 6.97. The van der Waals surface area contributed by atoms with Gasteiger partial charge in [0.15, 0.2) is 0 Å². The van der Waals surface area contributed by atoms with Gasteiger partial charge in [-0.05, 0) is 44.0 Å². The van der Waals surface area contributed by atoms with Gasteiger partial charge in [0.05, 0.1) is 12.5 Å². The molecule has 2 aliphatic rings. The number of carbonyl (C=O) groups excluding carboxylic acids is 3. The maximum atomic E-state index is 12.7. The van der Waals surface area contributed by atoms with Crippen LogP contribution >= 0.6 is 11.6 Å². The maximum absolute atomic E-state index is 12.7. The van der Waals surface area contributed by atoms with Gasteiger partial charge in [0.1, 0.15) is 17.4 Å². The Morgan fingerprint density at radius 2 is 2.03 bits per heavy atom. The van der Waals surface area contributed by atoms with Gasteiger partial charge < -0.3 is 15.1 Å². The lowest BCUT2D eigenvalue weighted by molar-refractivity contribution is -0.132. The number of halogens is 1. The van der Waals surface area contributed by atoms with E-state index < -0.39 is 6.04 Å². The molecule has 0 spiro atoms. The van der Waals surface area contributed by atoms with E-state index in [0.717, 1.165) is 37.5 Å². The van der Waals surface area contributed by atoms with Crippen LogP contribution < -0.4 is 10.6 Å². The lowest BCUT2D eigenvalue weighted by Crippen LogP contribution is -2.42. The first kappa shape index (κ1) is 19.8. The van der Waals surface area contributed by atoms with Crippen molar-refractivity contribution in [3.05, 3.63) is 35.0 Å². The van der Waals surface area contributed by atoms with Crippen molar-refractivity contribution in [1.82, 2.24) is 15.5 Å². The van der Waals surface area contributed by atoms with E-state index in [1.165, 1.54) is 4.90 Å². The summed E-state index contributed by atoms with van der Waals surface area (Å²) in [6, 6.07) is 5.52. The Bertz CT molecular complexity index is 951. The van der Waals surface area contributed by atoms with E-state index in [0.29, 0.717) is 16.4 Å². The van der Waals surface area contributed by atoms with Crippen LogP contribution in [0.1, 0.15) is 57.3 Å². The van der Waals surface area contributed by atoms with E-state index in [2.05, 4.69) is 10.6 Å². The Balaban J connectivity index is 1.37. The smallest absolute Gasteiger partial charge is 0.325 e. The molecule has 2 aromatic rings. The average molecular weight is 418 g/mol. The fraction of sp³-hybridized carbons (Fsp3) is 0.476. The fourth-order valence-electron chi connectivity index (χ4n) is 4.18. The number of rotatable bonds is 5. The van der Waals surface area contributed by atoms with Crippen LogP contribution in [0, 0.1) is 0 Å². The quantitative estimate of drug-likeness (QED) is 0.721. The molecular formula is C21H24ClN3O4. The highest BCUT2D eigenvalue weighted by Crippen LogP contribution is 2.27. The van der Waals surface area contributed by atoms with Gasteiger partial charge in [0.25, 0.3) is 5.91 Å². The minimum absolute atomic E-state index is 0.0504. The van der Waals surface area contributed by atoms with Gasteiger partial charge >= 0.3 is 6.03 Å². The average Bonchev–Trinajstić information content (AvgIpc) is 3.23. The first-order valence-electron chi connectivity index (χ1n) is 10.0. The van der Waals surface area contributed by atoms with Crippen molar-refractivity contribution >= 4 is 40.4 Å². The molecule has 1 aromatic carbocycles. The summed E-state index contributed by atoms with van der Waals surface area (Å²) in [4.78, 5) is 38.8. The summed E-state index contributed by atoms with van der Waals surface area (Å²) in [6.45, 7) is 1.81. The van der Waals surface area contributed by atoms with Gasteiger partial charge in [-0.15, -0.1) is 0 Å². The molecule has 0 bridgehead atoms.